The summed E-state index contributed by atoms with van der Waals surface area (Å²) in [7, 11) is 0. The standard InChI is InChI=1S/C21H18F3N3O2.C21H21N3O2.2C20H18ClN3O2/c22-21(23,24)16-8-4-5-9-18(16)29-13-19(28)27-11-10-17-15(12-27)20(26-25-17)14-6-2-1-3-7-14;1-15-6-5-9-17(12-15)26-14-20(25)24-11-10-19-18(13-24)21(23-22-19)16-7-3-2-4-8-16;21-16-8-4-5-9-18(16)26-13-19(25)24-11-10-17-15(12-24)20(23-22-17)14-6-2-1-3-7-14;21-15-6-8-16(9-7-15)26-13-19(25)24-11-10-18-17(12-24)20(23-22-18)14-4-2-1-3-5-14/h1-9H,10-13H2,(H,25,26);2-9,12H,10-11,13-14H2,1H3,(H,22,23);2*1-9H,10-13H2,(H,22,23). The molecule has 4 aliphatic rings. The molecule has 107 heavy (non-hydrogen) atoms. The smallest absolute Gasteiger partial charge is 0.419 e. The third-order valence-electron chi connectivity index (χ3n) is 18.6. The third kappa shape index (κ3) is 18.4. The van der Waals surface area contributed by atoms with Crippen LogP contribution in [0.25, 0.3) is 45.0 Å². The number of carbonyl (C=O) groups is 4. The summed E-state index contributed by atoms with van der Waals surface area (Å²) in [5.41, 5.74) is 16.3. The predicted octanol–water partition coefficient (Wildman–Crippen LogP) is 14.8. The monoisotopic (exact) mass is 1480 g/mol. The first-order valence-electron chi connectivity index (χ1n) is 34.9. The van der Waals surface area contributed by atoms with E-state index in [1.807, 2.05) is 174 Å². The molecular formula is C82H75Cl2F3N12O8. The number of alkyl halides is 3. The van der Waals surface area contributed by atoms with E-state index in [0.717, 1.165) is 127 Å². The first-order valence-corrected chi connectivity index (χ1v) is 35.6. The van der Waals surface area contributed by atoms with E-state index in [1.165, 1.54) is 18.2 Å². The fourth-order valence-corrected chi connectivity index (χ4v) is 13.2. The van der Waals surface area contributed by atoms with Crippen LogP contribution in [0.2, 0.25) is 10.0 Å². The molecule has 25 heteroatoms. The fraction of sp³-hybridized carbons (Fsp3) is 0.220. The molecule has 4 amide bonds. The van der Waals surface area contributed by atoms with Crippen molar-refractivity contribution < 1.29 is 51.3 Å². The Labute approximate surface area is 625 Å². The molecule has 12 aromatic rings. The third-order valence-corrected chi connectivity index (χ3v) is 19.2. The highest BCUT2D eigenvalue weighted by Gasteiger charge is 2.35. The molecule has 8 aromatic carbocycles. The van der Waals surface area contributed by atoms with E-state index in [0.29, 0.717) is 80.3 Å². The van der Waals surface area contributed by atoms with Gasteiger partial charge in [-0.05, 0) is 73.2 Å². The minimum atomic E-state index is -4.54. The zero-order chi connectivity index (χ0) is 74.2. The molecule has 16 rings (SSSR count). The van der Waals surface area contributed by atoms with Gasteiger partial charge in [0.2, 0.25) is 0 Å². The number of aromatic amines is 4. The van der Waals surface area contributed by atoms with Gasteiger partial charge in [-0.15, -0.1) is 0 Å². The summed E-state index contributed by atoms with van der Waals surface area (Å²) in [6.45, 7) is 5.98. The molecule has 546 valence electrons. The molecule has 0 saturated carbocycles. The van der Waals surface area contributed by atoms with Crippen LogP contribution in [0.4, 0.5) is 13.2 Å². The van der Waals surface area contributed by atoms with Crippen molar-refractivity contribution in [2.45, 2.75) is 65.0 Å². The van der Waals surface area contributed by atoms with Crippen molar-refractivity contribution in [3.63, 3.8) is 0 Å². The van der Waals surface area contributed by atoms with E-state index in [9.17, 15) is 32.3 Å². The molecule has 4 aromatic heterocycles. The molecule has 0 unspecified atom stereocenters. The minimum Gasteiger partial charge on any atom is -0.484 e. The lowest BCUT2D eigenvalue weighted by atomic mass is 10.0. The molecule has 0 radical (unpaired) electrons. The number of nitrogens with zero attached hydrogens (tertiary/aromatic N) is 8. The largest absolute Gasteiger partial charge is 0.484 e. The molecule has 4 aliphatic heterocycles. The van der Waals surface area contributed by atoms with E-state index in [2.05, 4.69) is 40.8 Å². The van der Waals surface area contributed by atoms with Crippen LogP contribution in [0, 0.1) is 6.92 Å². The number of halogens is 5. The number of fused-ring (bicyclic) bond motifs is 4. The first-order chi connectivity index (χ1) is 52.1. The number of para-hydroxylation sites is 2. The number of ether oxygens (including phenoxy) is 4. The van der Waals surface area contributed by atoms with Crippen LogP contribution in [0.3, 0.4) is 0 Å². The second kappa shape index (κ2) is 34.3. The van der Waals surface area contributed by atoms with Crippen LogP contribution in [-0.4, -0.2) is 137 Å². The predicted molar refractivity (Wildman–Crippen MR) is 400 cm³/mol. The number of amides is 4. The summed E-state index contributed by atoms with van der Waals surface area (Å²) in [5.74, 6) is 1.07. The topological polar surface area (TPSA) is 233 Å². The molecule has 0 fully saturated rings. The molecule has 0 aliphatic carbocycles. The Morgan fingerprint density at radius 1 is 0.383 bits per heavy atom. The highest BCUT2D eigenvalue weighted by Crippen LogP contribution is 2.37. The van der Waals surface area contributed by atoms with Crippen molar-refractivity contribution in [2.24, 2.45) is 0 Å². The van der Waals surface area contributed by atoms with Gasteiger partial charge in [0.1, 0.15) is 23.0 Å². The molecule has 0 saturated heterocycles. The van der Waals surface area contributed by atoms with Crippen molar-refractivity contribution in [1.29, 1.82) is 0 Å². The van der Waals surface area contributed by atoms with Crippen LogP contribution in [0.5, 0.6) is 23.0 Å². The molecule has 8 heterocycles. The van der Waals surface area contributed by atoms with E-state index in [-0.39, 0.29) is 49.2 Å². The van der Waals surface area contributed by atoms with Crippen molar-refractivity contribution in [1.82, 2.24) is 60.4 Å². The van der Waals surface area contributed by atoms with E-state index >= 15 is 0 Å². The van der Waals surface area contributed by atoms with Crippen molar-refractivity contribution in [3.05, 3.63) is 285 Å². The van der Waals surface area contributed by atoms with Crippen molar-refractivity contribution >= 4 is 46.8 Å². The van der Waals surface area contributed by atoms with Gasteiger partial charge in [0.25, 0.3) is 23.6 Å². The van der Waals surface area contributed by atoms with Crippen LogP contribution in [0.1, 0.15) is 56.2 Å². The highest BCUT2D eigenvalue weighted by atomic mass is 35.5. The number of nitrogens with one attached hydrogen (secondary N) is 4. The van der Waals surface area contributed by atoms with Crippen molar-refractivity contribution in [2.75, 3.05) is 52.6 Å². The molecule has 4 N–H and O–H groups in total. The van der Waals surface area contributed by atoms with Gasteiger partial charge >= 0.3 is 6.18 Å². The highest BCUT2D eigenvalue weighted by molar-refractivity contribution is 6.32. The van der Waals surface area contributed by atoms with E-state index in [1.54, 1.807) is 46.2 Å². The van der Waals surface area contributed by atoms with Gasteiger partial charge in [-0.25, -0.2) is 0 Å². The van der Waals surface area contributed by atoms with E-state index < -0.39 is 18.3 Å². The van der Waals surface area contributed by atoms with Gasteiger partial charge < -0.3 is 38.5 Å². The molecule has 0 atom stereocenters. The number of rotatable bonds is 16. The summed E-state index contributed by atoms with van der Waals surface area (Å²) >= 11 is 11.9. The summed E-state index contributed by atoms with van der Waals surface area (Å²) in [5, 5.41) is 31.3. The molecular weight excluding hydrogens is 1410 g/mol. The molecule has 20 nitrogen and oxygen atoms in total. The summed E-state index contributed by atoms with van der Waals surface area (Å²) in [6, 6.07) is 66.5. The quantitative estimate of drug-likeness (QED) is 0.0707. The maximum atomic E-state index is 13.1. The van der Waals surface area contributed by atoms with Gasteiger partial charge in [-0.1, -0.05) is 181 Å². The lowest BCUT2D eigenvalue weighted by molar-refractivity contribution is -0.141. The summed E-state index contributed by atoms with van der Waals surface area (Å²) < 4.78 is 61.3. The number of aryl methyl sites for hydroxylation is 1. The summed E-state index contributed by atoms with van der Waals surface area (Å²) in [6.07, 6.45) is -1.64. The van der Waals surface area contributed by atoms with Gasteiger partial charge in [0, 0.05) is 150 Å². The fourth-order valence-electron chi connectivity index (χ4n) is 12.9. The summed E-state index contributed by atoms with van der Waals surface area (Å²) in [4.78, 5) is 57.4. The minimum absolute atomic E-state index is 0.00244. The Morgan fingerprint density at radius 3 is 1.07 bits per heavy atom. The first kappa shape index (κ1) is 73.4. The molecule has 0 bridgehead atoms. The number of aromatic nitrogens is 8. The van der Waals surface area contributed by atoms with Gasteiger partial charge in [0.05, 0.1) is 33.4 Å². The lowest BCUT2D eigenvalue weighted by Crippen LogP contribution is -2.38. The van der Waals surface area contributed by atoms with Gasteiger partial charge in [-0.2, -0.15) is 33.6 Å². The lowest BCUT2D eigenvalue weighted by Gasteiger charge is -2.27. The number of H-pyrrole nitrogens is 4. The number of benzene rings is 8. The van der Waals surface area contributed by atoms with Crippen LogP contribution >= 0.6 is 23.2 Å². The van der Waals surface area contributed by atoms with E-state index in [4.69, 9.17) is 42.1 Å². The van der Waals surface area contributed by atoms with Crippen LogP contribution in [-0.2, 0) is 77.2 Å². The Balaban J connectivity index is 0.000000126. The Hall–Kier alpha value is -12.0. The van der Waals surface area contributed by atoms with Crippen LogP contribution < -0.4 is 18.9 Å². The van der Waals surface area contributed by atoms with Gasteiger partial charge in [-0.3, -0.25) is 39.6 Å². The van der Waals surface area contributed by atoms with Crippen molar-refractivity contribution in [3.8, 4) is 68.0 Å². The maximum Gasteiger partial charge on any atom is 0.419 e. The zero-order valence-electron chi connectivity index (χ0n) is 58.3. The Bertz CT molecular complexity index is 5020. The zero-order valence-corrected chi connectivity index (χ0v) is 59.8. The number of hydrogen-bond acceptors (Lipinski definition) is 12. The number of hydrogen-bond donors (Lipinski definition) is 4. The van der Waals surface area contributed by atoms with Crippen LogP contribution in [0.15, 0.2) is 218 Å². The maximum absolute atomic E-state index is 13.1. The second-order valence-electron chi connectivity index (χ2n) is 25.7. The SMILES string of the molecule is Cc1cccc(OCC(=O)N2CCc3[nH]nc(-c4ccccc4)c3C2)c1.O=C(COc1ccc(Cl)cc1)N1CCc2[nH]nc(-c3ccccc3)c2C1.O=C(COc1ccccc1C(F)(F)F)N1CCc2[nH]nc(-c3ccccc3)c2C1.O=C(COc1ccccc1Cl)N1CCc2[nH]nc(-c3ccccc3)c2C1. The average Bonchev–Trinajstić information content (AvgIpc) is 1.70. The molecule has 0 spiro atoms. The normalized spacial score (nSPS) is 13.5. The second-order valence-corrected chi connectivity index (χ2v) is 26.5. The van der Waals surface area contributed by atoms with Gasteiger partial charge in [0.15, 0.2) is 26.4 Å². The number of carbonyl (C=O) groups excluding carboxylic acids is 4. The Morgan fingerprint density at radius 2 is 0.710 bits per heavy atom. The Kier molecular flexibility index (Phi) is 23.5. The average molecular weight is 1480 g/mol.